The maximum Gasteiger partial charge on any atom is 0.0900 e. The van der Waals surface area contributed by atoms with Crippen molar-refractivity contribution in [3.63, 3.8) is 0 Å². The number of benzene rings is 1. The van der Waals surface area contributed by atoms with Crippen molar-refractivity contribution in [2.45, 2.75) is 32.6 Å². The molecule has 3 nitrogen and oxygen atoms in total. The van der Waals surface area contributed by atoms with E-state index in [9.17, 15) is 5.11 Å². The number of rotatable bonds is 10. The number of ether oxygens (including phenoxy) is 1. The quantitative estimate of drug-likeness (QED) is 0.727. The topological polar surface area (TPSA) is 32.7 Å². The van der Waals surface area contributed by atoms with Gasteiger partial charge in [0.1, 0.15) is 0 Å². The predicted octanol–water partition coefficient (Wildman–Crippen LogP) is 3.54. The molecule has 1 N–H and O–H groups in total. The van der Waals surface area contributed by atoms with Gasteiger partial charge in [0.2, 0.25) is 0 Å². The van der Waals surface area contributed by atoms with Gasteiger partial charge < -0.3 is 9.84 Å². The Morgan fingerprint density at radius 1 is 1.18 bits per heavy atom. The molecule has 22 heavy (non-hydrogen) atoms. The maximum atomic E-state index is 10.2. The molecule has 0 radical (unpaired) electrons. The molecule has 1 unspecified atom stereocenters. The van der Waals surface area contributed by atoms with E-state index in [4.69, 9.17) is 4.74 Å². The van der Waals surface area contributed by atoms with Crippen molar-refractivity contribution in [1.29, 1.82) is 0 Å². The summed E-state index contributed by atoms with van der Waals surface area (Å²) in [4.78, 5) is 3.48. The molecule has 2 rings (SSSR count). The van der Waals surface area contributed by atoms with Gasteiger partial charge in [-0.3, -0.25) is 4.90 Å². The standard InChI is InChI=1S/C18H25NO2S/c1-2-10-19(12-16-7-4-3-5-8-16)13-17(20)14-21-15-18-9-6-11-22-18/h3-9,11,17,20H,2,10,12-15H2,1H3. The Kier molecular flexibility index (Phi) is 7.60. The van der Waals surface area contributed by atoms with Crippen molar-refractivity contribution < 1.29 is 9.84 Å². The number of nitrogens with zero attached hydrogens (tertiary/aromatic N) is 1. The highest BCUT2D eigenvalue weighted by Gasteiger charge is 2.12. The lowest BCUT2D eigenvalue weighted by Gasteiger charge is -2.24. The van der Waals surface area contributed by atoms with E-state index in [1.165, 1.54) is 10.4 Å². The second-order valence-electron chi connectivity index (χ2n) is 5.47. The van der Waals surface area contributed by atoms with Crippen LogP contribution < -0.4 is 0 Å². The molecule has 1 aromatic heterocycles. The minimum absolute atomic E-state index is 0.382. The molecule has 0 bridgehead atoms. The highest BCUT2D eigenvalue weighted by atomic mass is 32.1. The monoisotopic (exact) mass is 319 g/mol. The molecule has 0 aliphatic heterocycles. The summed E-state index contributed by atoms with van der Waals surface area (Å²) in [6, 6.07) is 14.5. The molecule has 1 heterocycles. The number of aliphatic hydroxyl groups is 1. The Bertz CT molecular complexity index is 501. The van der Waals surface area contributed by atoms with E-state index in [1.807, 2.05) is 17.5 Å². The Hall–Kier alpha value is -1.20. The first-order chi connectivity index (χ1) is 10.8. The molecule has 0 amide bonds. The molecule has 4 heteroatoms. The van der Waals surface area contributed by atoms with Crippen LogP contribution in [0.5, 0.6) is 0 Å². The second kappa shape index (κ2) is 9.74. The number of thiophene rings is 1. The molecular weight excluding hydrogens is 294 g/mol. The summed E-state index contributed by atoms with van der Waals surface area (Å²) < 4.78 is 5.60. The van der Waals surface area contributed by atoms with Crippen molar-refractivity contribution in [2.75, 3.05) is 19.7 Å². The summed E-state index contributed by atoms with van der Waals surface area (Å²) in [6.45, 7) is 5.63. The molecule has 120 valence electrons. The van der Waals surface area contributed by atoms with Crippen LogP contribution in [0.1, 0.15) is 23.8 Å². The van der Waals surface area contributed by atoms with Crippen LogP contribution in [0.4, 0.5) is 0 Å². The zero-order valence-corrected chi connectivity index (χ0v) is 14.0. The molecule has 0 aliphatic rings. The van der Waals surface area contributed by atoms with Gasteiger partial charge >= 0.3 is 0 Å². The van der Waals surface area contributed by atoms with Gasteiger partial charge in [-0.1, -0.05) is 43.3 Å². The minimum Gasteiger partial charge on any atom is -0.389 e. The first-order valence-electron chi connectivity index (χ1n) is 7.82. The van der Waals surface area contributed by atoms with Gasteiger partial charge in [-0.25, -0.2) is 0 Å². The molecule has 1 aromatic carbocycles. The van der Waals surface area contributed by atoms with Gasteiger partial charge in [-0.05, 0) is 30.0 Å². The average molecular weight is 319 g/mol. The first kappa shape index (κ1) is 17.2. The fourth-order valence-corrected chi connectivity index (χ4v) is 3.07. The Labute approximate surface area is 137 Å². The molecular formula is C18H25NO2S. The second-order valence-corrected chi connectivity index (χ2v) is 6.50. The fraction of sp³-hybridized carbons (Fsp3) is 0.444. The predicted molar refractivity (Wildman–Crippen MR) is 92.0 cm³/mol. The molecule has 0 saturated carbocycles. The molecule has 0 spiro atoms. The van der Waals surface area contributed by atoms with Gasteiger partial charge in [-0.15, -0.1) is 11.3 Å². The van der Waals surface area contributed by atoms with Crippen molar-refractivity contribution in [2.24, 2.45) is 0 Å². The summed E-state index contributed by atoms with van der Waals surface area (Å²) in [5.74, 6) is 0. The summed E-state index contributed by atoms with van der Waals surface area (Å²) in [5.41, 5.74) is 1.28. The smallest absolute Gasteiger partial charge is 0.0900 e. The van der Waals surface area contributed by atoms with Crippen LogP contribution in [0.25, 0.3) is 0 Å². The molecule has 2 aromatic rings. The molecule has 0 aliphatic carbocycles. The van der Waals surface area contributed by atoms with Crippen molar-refractivity contribution >= 4 is 11.3 Å². The third-order valence-corrected chi connectivity index (χ3v) is 4.24. The lowest BCUT2D eigenvalue weighted by Crippen LogP contribution is -2.35. The van der Waals surface area contributed by atoms with E-state index < -0.39 is 6.10 Å². The fourth-order valence-electron chi connectivity index (χ4n) is 2.43. The van der Waals surface area contributed by atoms with Crippen LogP contribution in [0.2, 0.25) is 0 Å². The van der Waals surface area contributed by atoms with Crippen LogP contribution in [-0.4, -0.2) is 35.8 Å². The highest BCUT2D eigenvalue weighted by molar-refractivity contribution is 7.09. The van der Waals surface area contributed by atoms with Gasteiger partial charge in [0.05, 0.1) is 19.3 Å². The Morgan fingerprint density at radius 2 is 2.00 bits per heavy atom. The van der Waals surface area contributed by atoms with Crippen molar-refractivity contribution in [1.82, 2.24) is 4.90 Å². The largest absolute Gasteiger partial charge is 0.389 e. The van der Waals surface area contributed by atoms with Crippen molar-refractivity contribution in [3.8, 4) is 0 Å². The first-order valence-corrected chi connectivity index (χ1v) is 8.70. The van der Waals surface area contributed by atoms with Crippen LogP contribution in [0.3, 0.4) is 0 Å². The SMILES string of the molecule is CCCN(Cc1ccccc1)CC(O)COCc1cccs1. The minimum atomic E-state index is -0.449. The lowest BCUT2D eigenvalue weighted by molar-refractivity contribution is 0.00933. The van der Waals surface area contributed by atoms with Gasteiger partial charge in [0, 0.05) is 18.0 Å². The third-order valence-electron chi connectivity index (χ3n) is 3.39. The lowest BCUT2D eigenvalue weighted by atomic mass is 10.2. The van der Waals surface area contributed by atoms with Gasteiger partial charge in [0.15, 0.2) is 0 Å². The van der Waals surface area contributed by atoms with Gasteiger partial charge in [-0.2, -0.15) is 0 Å². The van der Waals surface area contributed by atoms with Crippen LogP contribution in [-0.2, 0) is 17.9 Å². The Balaban J connectivity index is 1.74. The van der Waals surface area contributed by atoms with Crippen LogP contribution in [0, 0.1) is 0 Å². The van der Waals surface area contributed by atoms with E-state index in [1.54, 1.807) is 11.3 Å². The number of hydrogen-bond donors (Lipinski definition) is 1. The van der Waals surface area contributed by atoms with E-state index in [2.05, 4.69) is 42.2 Å². The third kappa shape index (κ3) is 6.28. The van der Waals surface area contributed by atoms with Crippen molar-refractivity contribution in [3.05, 3.63) is 58.3 Å². The Morgan fingerprint density at radius 3 is 2.68 bits per heavy atom. The maximum absolute atomic E-state index is 10.2. The molecule has 0 fully saturated rings. The van der Waals surface area contributed by atoms with E-state index in [-0.39, 0.29) is 0 Å². The van der Waals surface area contributed by atoms with E-state index in [0.717, 1.165) is 19.5 Å². The average Bonchev–Trinajstić information content (AvgIpc) is 3.02. The summed E-state index contributed by atoms with van der Waals surface area (Å²) in [7, 11) is 0. The molecule has 1 atom stereocenters. The van der Waals surface area contributed by atoms with Gasteiger partial charge in [0.25, 0.3) is 0 Å². The van der Waals surface area contributed by atoms with Crippen LogP contribution in [0.15, 0.2) is 47.8 Å². The summed E-state index contributed by atoms with van der Waals surface area (Å²) >= 11 is 1.68. The van der Waals surface area contributed by atoms with Crippen LogP contribution >= 0.6 is 11.3 Å². The normalized spacial score (nSPS) is 12.7. The van der Waals surface area contributed by atoms with E-state index in [0.29, 0.717) is 19.8 Å². The summed E-state index contributed by atoms with van der Waals surface area (Å²) in [5, 5.41) is 12.2. The zero-order valence-electron chi connectivity index (χ0n) is 13.1. The summed E-state index contributed by atoms with van der Waals surface area (Å²) in [6.07, 6.45) is 0.630. The van der Waals surface area contributed by atoms with E-state index >= 15 is 0 Å². The molecule has 0 saturated heterocycles. The number of hydrogen-bond acceptors (Lipinski definition) is 4. The highest BCUT2D eigenvalue weighted by Crippen LogP contribution is 2.10. The number of aliphatic hydroxyl groups excluding tert-OH is 1. The zero-order chi connectivity index (χ0) is 15.6.